The molecule has 7 nitrogen and oxygen atoms in total. The predicted molar refractivity (Wildman–Crippen MR) is 104 cm³/mol. The van der Waals surface area contributed by atoms with Crippen molar-refractivity contribution in [1.29, 1.82) is 0 Å². The average molecular weight is 446 g/mol. The van der Waals surface area contributed by atoms with Crippen LogP contribution in [0.25, 0.3) is 0 Å². The van der Waals surface area contributed by atoms with Crippen molar-refractivity contribution >= 4 is 23.3 Å². The minimum atomic E-state index is -4.49. The van der Waals surface area contributed by atoms with Gasteiger partial charge in [0.05, 0.1) is 17.1 Å². The van der Waals surface area contributed by atoms with Gasteiger partial charge in [-0.2, -0.15) is 18.2 Å². The van der Waals surface area contributed by atoms with Crippen LogP contribution in [0.4, 0.5) is 19.0 Å². The number of nitrogens with one attached hydrogen (secondary N) is 1. The fourth-order valence-electron chi connectivity index (χ4n) is 3.11. The van der Waals surface area contributed by atoms with Crippen molar-refractivity contribution in [3.05, 3.63) is 34.6 Å². The number of alkyl halides is 3. The van der Waals surface area contributed by atoms with Crippen molar-refractivity contribution in [1.82, 2.24) is 20.4 Å². The highest BCUT2D eigenvalue weighted by molar-refractivity contribution is 6.33. The molecule has 0 unspecified atom stereocenters. The molecule has 3 rings (SSSR count). The summed E-state index contributed by atoms with van der Waals surface area (Å²) in [6.07, 6.45) is -2.65. The van der Waals surface area contributed by atoms with E-state index in [9.17, 15) is 18.0 Å². The molecule has 0 spiro atoms. The molecule has 1 aliphatic rings. The summed E-state index contributed by atoms with van der Waals surface area (Å²) in [7, 11) is 0. The van der Waals surface area contributed by atoms with Crippen molar-refractivity contribution in [3.63, 3.8) is 0 Å². The molecule has 2 aromatic heterocycles. The first-order chi connectivity index (χ1) is 13.9. The normalized spacial score (nSPS) is 16.0. The minimum absolute atomic E-state index is 0.0560. The monoisotopic (exact) mass is 445 g/mol. The van der Waals surface area contributed by atoms with Gasteiger partial charge >= 0.3 is 6.18 Å². The Hall–Kier alpha value is -2.36. The van der Waals surface area contributed by atoms with Gasteiger partial charge in [0.2, 0.25) is 11.8 Å². The topological polar surface area (TPSA) is 84.2 Å². The Bertz CT molecular complexity index is 902. The molecule has 1 aliphatic heterocycles. The smallest absolute Gasteiger partial charge is 0.355 e. The van der Waals surface area contributed by atoms with Gasteiger partial charge in [0.15, 0.2) is 5.82 Å². The summed E-state index contributed by atoms with van der Waals surface area (Å²) >= 11 is 6.01. The quantitative estimate of drug-likeness (QED) is 0.766. The van der Waals surface area contributed by atoms with Gasteiger partial charge in [-0.25, -0.2) is 4.98 Å². The summed E-state index contributed by atoms with van der Waals surface area (Å²) < 4.78 is 43.5. The van der Waals surface area contributed by atoms with Crippen molar-refractivity contribution in [2.45, 2.75) is 51.7 Å². The molecule has 11 heteroatoms. The first kappa shape index (κ1) is 22.3. The molecule has 0 aliphatic carbocycles. The lowest BCUT2D eigenvalue weighted by Crippen LogP contribution is -2.41. The number of amides is 1. The van der Waals surface area contributed by atoms with E-state index in [1.807, 2.05) is 20.8 Å². The molecule has 1 amide bonds. The number of piperidine rings is 1. The summed E-state index contributed by atoms with van der Waals surface area (Å²) in [4.78, 5) is 22.4. The second kappa shape index (κ2) is 8.41. The highest BCUT2D eigenvalue weighted by atomic mass is 35.5. The van der Waals surface area contributed by atoms with E-state index in [0.717, 1.165) is 12.3 Å². The highest BCUT2D eigenvalue weighted by Crippen LogP contribution is 2.34. The molecule has 0 atom stereocenters. The van der Waals surface area contributed by atoms with Crippen LogP contribution in [-0.2, 0) is 22.9 Å². The molecule has 1 saturated heterocycles. The predicted octanol–water partition coefficient (Wildman–Crippen LogP) is 3.97. The molecule has 30 heavy (non-hydrogen) atoms. The zero-order valence-corrected chi connectivity index (χ0v) is 17.6. The standard InChI is InChI=1S/C19H23ClF3N5O2/c1-18(2,3)17-26-14(27-30-17)10-25-16(29)11-4-6-28(7-5-11)15-13(20)8-12(9-24-15)19(21,22)23/h8-9,11H,4-7,10H2,1-3H3,(H,25,29). The lowest BCUT2D eigenvalue weighted by atomic mass is 9.96. The zero-order chi connectivity index (χ0) is 22.1. The summed E-state index contributed by atoms with van der Waals surface area (Å²) in [5, 5.41) is 6.63. The number of anilines is 1. The number of carbonyl (C=O) groups is 1. The Kier molecular flexibility index (Phi) is 6.26. The number of halogens is 4. The molecule has 1 N–H and O–H groups in total. The minimum Gasteiger partial charge on any atom is -0.355 e. The number of nitrogens with zero attached hydrogens (tertiary/aromatic N) is 4. The maximum absolute atomic E-state index is 12.8. The molecular formula is C19H23ClF3N5O2. The number of pyridine rings is 1. The van der Waals surface area contributed by atoms with Gasteiger partial charge in [0.25, 0.3) is 0 Å². The third-order valence-electron chi connectivity index (χ3n) is 4.84. The first-order valence-corrected chi connectivity index (χ1v) is 9.91. The summed E-state index contributed by atoms with van der Waals surface area (Å²) in [6, 6.07) is 0.874. The molecule has 164 valence electrons. The molecule has 0 radical (unpaired) electrons. The van der Waals surface area contributed by atoms with Crippen LogP contribution in [0.1, 0.15) is 50.9 Å². The molecule has 0 aromatic carbocycles. The van der Waals surface area contributed by atoms with E-state index in [0.29, 0.717) is 43.5 Å². The summed E-state index contributed by atoms with van der Waals surface area (Å²) in [5.74, 6) is 0.865. The lowest BCUT2D eigenvalue weighted by molar-refractivity contribution is -0.137. The van der Waals surface area contributed by atoms with Gasteiger partial charge < -0.3 is 14.7 Å². The van der Waals surface area contributed by atoms with Crippen LogP contribution in [0.15, 0.2) is 16.8 Å². The lowest BCUT2D eigenvalue weighted by Gasteiger charge is -2.32. The highest BCUT2D eigenvalue weighted by Gasteiger charge is 2.33. The van der Waals surface area contributed by atoms with Crippen molar-refractivity contribution in [2.24, 2.45) is 5.92 Å². The zero-order valence-electron chi connectivity index (χ0n) is 16.9. The van der Waals surface area contributed by atoms with E-state index in [2.05, 4.69) is 20.4 Å². The Morgan fingerprint density at radius 2 is 1.97 bits per heavy atom. The second-order valence-corrected chi connectivity index (χ2v) is 8.68. The Balaban J connectivity index is 1.53. The van der Waals surface area contributed by atoms with E-state index < -0.39 is 11.7 Å². The Morgan fingerprint density at radius 1 is 1.30 bits per heavy atom. The van der Waals surface area contributed by atoms with Gasteiger partial charge in [-0.3, -0.25) is 4.79 Å². The van der Waals surface area contributed by atoms with Gasteiger partial charge in [0.1, 0.15) is 5.82 Å². The van der Waals surface area contributed by atoms with E-state index in [4.69, 9.17) is 16.1 Å². The van der Waals surface area contributed by atoms with Gasteiger partial charge in [-0.1, -0.05) is 37.5 Å². The number of hydrogen-bond acceptors (Lipinski definition) is 6. The van der Waals surface area contributed by atoms with Crippen molar-refractivity contribution in [3.8, 4) is 0 Å². The van der Waals surface area contributed by atoms with E-state index in [1.54, 1.807) is 4.90 Å². The largest absolute Gasteiger partial charge is 0.417 e. The van der Waals surface area contributed by atoms with Crippen LogP contribution in [0.2, 0.25) is 5.02 Å². The summed E-state index contributed by atoms with van der Waals surface area (Å²) in [6.45, 7) is 6.96. The van der Waals surface area contributed by atoms with E-state index in [-0.39, 0.29) is 28.8 Å². The maximum atomic E-state index is 12.8. The van der Waals surface area contributed by atoms with Crippen LogP contribution >= 0.6 is 11.6 Å². The number of aromatic nitrogens is 3. The van der Waals surface area contributed by atoms with E-state index >= 15 is 0 Å². The van der Waals surface area contributed by atoms with Crippen LogP contribution in [0.5, 0.6) is 0 Å². The Labute approximate surface area is 177 Å². The average Bonchev–Trinajstić information content (AvgIpc) is 3.15. The SMILES string of the molecule is CC(C)(C)c1nc(CNC(=O)C2CCN(c3ncc(C(F)(F)F)cc3Cl)CC2)no1. The van der Waals surface area contributed by atoms with Crippen LogP contribution in [-0.4, -0.2) is 34.1 Å². The van der Waals surface area contributed by atoms with Crippen molar-refractivity contribution < 1.29 is 22.5 Å². The van der Waals surface area contributed by atoms with Gasteiger partial charge in [0, 0.05) is 30.6 Å². The number of hydrogen-bond donors (Lipinski definition) is 1. The number of rotatable bonds is 4. The molecule has 1 fully saturated rings. The van der Waals surface area contributed by atoms with Crippen LogP contribution in [0, 0.1) is 5.92 Å². The van der Waals surface area contributed by atoms with Crippen LogP contribution < -0.4 is 10.2 Å². The molecular weight excluding hydrogens is 423 g/mol. The molecule has 2 aromatic rings. The maximum Gasteiger partial charge on any atom is 0.417 e. The summed E-state index contributed by atoms with van der Waals surface area (Å²) in [5.41, 5.74) is -1.16. The fraction of sp³-hybridized carbons (Fsp3) is 0.579. The van der Waals surface area contributed by atoms with Gasteiger partial charge in [-0.05, 0) is 18.9 Å². The van der Waals surface area contributed by atoms with Crippen LogP contribution in [0.3, 0.4) is 0 Å². The Morgan fingerprint density at radius 3 is 2.50 bits per heavy atom. The molecule has 0 saturated carbocycles. The van der Waals surface area contributed by atoms with E-state index in [1.165, 1.54) is 0 Å². The third kappa shape index (κ3) is 5.21. The second-order valence-electron chi connectivity index (χ2n) is 8.27. The first-order valence-electron chi connectivity index (χ1n) is 9.53. The fourth-order valence-corrected chi connectivity index (χ4v) is 3.40. The van der Waals surface area contributed by atoms with Gasteiger partial charge in [-0.15, -0.1) is 0 Å². The number of carbonyl (C=O) groups excluding carboxylic acids is 1. The molecule has 3 heterocycles. The third-order valence-corrected chi connectivity index (χ3v) is 5.12. The van der Waals surface area contributed by atoms with Crippen molar-refractivity contribution in [2.75, 3.05) is 18.0 Å². The molecule has 0 bridgehead atoms.